The molecule has 6 heteroatoms. The predicted molar refractivity (Wildman–Crippen MR) is 121 cm³/mol. The fourth-order valence-corrected chi connectivity index (χ4v) is 4.94. The number of thiophene rings is 1. The highest BCUT2D eigenvalue weighted by Crippen LogP contribution is 2.38. The fourth-order valence-electron chi connectivity index (χ4n) is 4.03. The Hall–Kier alpha value is -2.34. The summed E-state index contributed by atoms with van der Waals surface area (Å²) < 4.78 is 5.30. The number of amides is 2. The predicted octanol–water partition coefficient (Wildman–Crippen LogP) is 4.66. The largest absolute Gasteiger partial charge is 0.497 e. The first-order valence-corrected chi connectivity index (χ1v) is 11.7. The normalized spacial score (nSPS) is 16.7. The molecule has 1 aliphatic rings. The van der Waals surface area contributed by atoms with Gasteiger partial charge in [0.2, 0.25) is 11.8 Å². The summed E-state index contributed by atoms with van der Waals surface area (Å²) >= 11 is 1.75. The topological polar surface area (TPSA) is 49.9 Å². The Kier molecular flexibility index (Phi) is 7.53. The maximum Gasteiger partial charge on any atom is 0.243 e. The van der Waals surface area contributed by atoms with Crippen molar-refractivity contribution in [1.82, 2.24) is 9.80 Å². The first-order valence-electron chi connectivity index (χ1n) is 10.8. The number of carbonyl (C=O) groups is 2. The zero-order chi connectivity index (χ0) is 21.7. The Morgan fingerprint density at radius 3 is 2.60 bits per heavy atom. The number of hydrogen-bond donors (Lipinski definition) is 0. The average molecular weight is 429 g/mol. The fraction of sp³-hybridized carbons (Fsp3) is 0.500. The number of rotatable bonds is 8. The van der Waals surface area contributed by atoms with Gasteiger partial charge in [-0.3, -0.25) is 9.59 Å². The standard InChI is InChI=1S/C24H32N2O3S/c1-5-7-22(27)26(17(3)6-2)16-23(28)25-14-12-21-20(13-15-30-21)24(25)18-8-10-19(29-4)11-9-18/h8-11,13,15,17,24H,5-7,12,14,16H2,1-4H3/t17-,24-/m1/s1. The summed E-state index contributed by atoms with van der Waals surface area (Å²) in [4.78, 5) is 31.2. The molecule has 2 amide bonds. The highest BCUT2D eigenvalue weighted by molar-refractivity contribution is 7.10. The summed E-state index contributed by atoms with van der Waals surface area (Å²) in [5, 5.41) is 2.10. The molecule has 0 radical (unpaired) electrons. The monoisotopic (exact) mass is 428 g/mol. The molecule has 0 spiro atoms. The van der Waals surface area contributed by atoms with Gasteiger partial charge in [-0.2, -0.15) is 0 Å². The van der Waals surface area contributed by atoms with E-state index in [-0.39, 0.29) is 30.4 Å². The van der Waals surface area contributed by atoms with Gasteiger partial charge in [0.1, 0.15) is 12.3 Å². The third-order valence-corrected chi connectivity index (χ3v) is 6.93. The van der Waals surface area contributed by atoms with Gasteiger partial charge in [-0.25, -0.2) is 0 Å². The number of hydrogen-bond acceptors (Lipinski definition) is 4. The van der Waals surface area contributed by atoms with Crippen LogP contribution in [0.3, 0.4) is 0 Å². The quantitative estimate of drug-likeness (QED) is 0.615. The van der Waals surface area contributed by atoms with E-state index in [4.69, 9.17) is 4.74 Å². The van der Waals surface area contributed by atoms with Crippen molar-refractivity contribution in [3.63, 3.8) is 0 Å². The Morgan fingerprint density at radius 1 is 1.23 bits per heavy atom. The Labute approximate surface area is 183 Å². The zero-order valence-electron chi connectivity index (χ0n) is 18.4. The minimum atomic E-state index is -0.126. The van der Waals surface area contributed by atoms with Gasteiger partial charge in [0.05, 0.1) is 13.2 Å². The van der Waals surface area contributed by atoms with E-state index in [9.17, 15) is 9.59 Å². The summed E-state index contributed by atoms with van der Waals surface area (Å²) in [6, 6.07) is 10.00. The summed E-state index contributed by atoms with van der Waals surface area (Å²) in [7, 11) is 1.65. The molecule has 2 atom stereocenters. The molecule has 1 aromatic heterocycles. The maximum atomic E-state index is 13.5. The van der Waals surface area contributed by atoms with Crippen molar-refractivity contribution in [2.45, 2.75) is 58.5 Å². The van der Waals surface area contributed by atoms with Crippen LogP contribution in [0.1, 0.15) is 62.1 Å². The van der Waals surface area contributed by atoms with Gasteiger partial charge in [-0.1, -0.05) is 26.0 Å². The second-order valence-corrected chi connectivity index (χ2v) is 8.84. The lowest BCUT2D eigenvalue weighted by Gasteiger charge is -2.38. The van der Waals surface area contributed by atoms with E-state index in [1.807, 2.05) is 43.0 Å². The van der Waals surface area contributed by atoms with E-state index < -0.39 is 0 Å². The van der Waals surface area contributed by atoms with E-state index in [1.165, 1.54) is 10.4 Å². The van der Waals surface area contributed by atoms with Gasteiger partial charge < -0.3 is 14.5 Å². The molecule has 162 valence electrons. The molecule has 0 saturated heterocycles. The van der Waals surface area contributed by atoms with Gasteiger partial charge >= 0.3 is 0 Å². The Bertz CT molecular complexity index is 862. The highest BCUT2D eigenvalue weighted by atomic mass is 32.1. The van der Waals surface area contributed by atoms with E-state index in [1.54, 1.807) is 23.3 Å². The summed E-state index contributed by atoms with van der Waals surface area (Å²) in [5.41, 5.74) is 2.26. The maximum absolute atomic E-state index is 13.5. The lowest BCUT2D eigenvalue weighted by atomic mass is 9.93. The lowest BCUT2D eigenvalue weighted by molar-refractivity contribution is -0.143. The molecule has 3 rings (SSSR count). The van der Waals surface area contributed by atoms with Crippen LogP contribution in [-0.2, 0) is 16.0 Å². The van der Waals surface area contributed by atoms with Crippen molar-refractivity contribution in [3.05, 3.63) is 51.7 Å². The van der Waals surface area contributed by atoms with E-state index in [0.29, 0.717) is 13.0 Å². The zero-order valence-corrected chi connectivity index (χ0v) is 19.2. The SMILES string of the molecule is CCCC(=O)N(CC(=O)N1CCc2sccc2[C@H]1c1ccc(OC)cc1)[C@H](C)CC. The van der Waals surface area contributed by atoms with Crippen molar-refractivity contribution in [1.29, 1.82) is 0 Å². The van der Waals surface area contributed by atoms with E-state index >= 15 is 0 Å². The molecule has 1 aromatic carbocycles. The highest BCUT2D eigenvalue weighted by Gasteiger charge is 2.34. The number of benzene rings is 1. The van der Waals surface area contributed by atoms with Crippen LogP contribution in [0.15, 0.2) is 35.7 Å². The summed E-state index contributed by atoms with van der Waals surface area (Å²) in [5.74, 6) is 0.873. The number of fused-ring (bicyclic) bond motifs is 1. The molecule has 0 bridgehead atoms. The first-order chi connectivity index (χ1) is 14.5. The van der Waals surface area contributed by atoms with Crippen molar-refractivity contribution in [3.8, 4) is 5.75 Å². The molecule has 2 aromatic rings. The molecule has 0 saturated carbocycles. The van der Waals surface area contributed by atoms with Crippen molar-refractivity contribution >= 4 is 23.2 Å². The first kappa shape index (κ1) is 22.3. The number of methoxy groups -OCH3 is 1. The van der Waals surface area contributed by atoms with Crippen LogP contribution in [0.5, 0.6) is 5.75 Å². The van der Waals surface area contributed by atoms with Crippen molar-refractivity contribution < 1.29 is 14.3 Å². The minimum Gasteiger partial charge on any atom is -0.497 e. The van der Waals surface area contributed by atoms with Gasteiger partial charge in [-0.15, -0.1) is 11.3 Å². The smallest absolute Gasteiger partial charge is 0.243 e. The number of ether oxygens (including phenoxy) is 1. The Morgan fingerprint density at radius 2 is 1.97 bits per heavy atom. The molecule has 0 unspecified atom stereocenters. The number of carbonyl (C=O) groups excluding carboxylic acids is 2. The summed E-state index contributed by atoms with van der Waals surface area (Å²) in [6.07, 6.45) is 2.96. The summed E-state index contributed by atoms with van der Waals surface area (Å²) in [6.45, 7) is 6.88. The van der Waals surface area contributed by atoms with Gasteiger partial charge in [-0.05, 0) is 60.9 Å². The van der Waals surface area contributed by atoms with Crippen LogP contribution in [0.25, 0.3) is 0 Å². The molecule has 0 N–H and O–H groups in total. The van der Waals surface area contributed by atoms with Gasteiger partial charge in [0.15, 0.2) is 0 Å². The molecule has 2 heterocycles. The second-order valence-electron chi connectivity index (χ2n) is 7.84. The van der Waals surface area contributed by atoms with E-state index in [0.717, 1.165) is 30.6 Å². The van der Waals surface area contributed by atoms with Crippen LogP contribution in [0.2, 0.25) is 0 Å². The third kappa shape index (κ3) is 4.69. The van der Waals surface area contributed by atoms with Crippen molar-refractivity contribution in [2.24, 2.45) is 0 Å². The van der Waals surface area contributed by atoms with Crippen LogP contribution in [0.4, 0.5) is 0 Å². The van der Waals surface area contributed by atoms with Gasteiger partial charge in [0.25, 0.3) is 0 Å². The molecule has 1 aliphatic heterocycles. The van der Waals surface area contributed by atoms with Gasteiger partial charge in [0, 0.05) is 23.9 Å². The third-order valence-electron chi connectivity index (χ3n) is 5.93. The molecule has 5 nitrogen and oxygen atoms in total. The van der Waals surface area contributed by atoms with Crippen molar-refractivity contribution in [2.75, 3.05) is 20.2 Å². The molecule has 0 aliphatic carbocycles. The molecule has 30 heavy (non-hydrogen) atoms. The van der Waals surface area contributed by atoms with Crippen LogP contribution in [0, 0.1) is 0 Å². The Balaban J connectivity index is 1.89. The molecular weight excluding hydrogens is 396 g/mol. The van der Waals surface area contributed by atoms with Crippen LogP contribution < -0.4 is 4.74 Å². The second kappa shape index (κ2) is 10.1. The van der Waals surface area contributed by atoms with Crippen LogP contribution in [-0.4, -0.2) is 47.9 Å². The molecule has 0 fully saturated rings. The minimum absolute atomic E-state index is 0.0115. The lowest BCUT2D eigenvalue weighted by Crippen LogP contribution is -2.49. The van der Waals surface area contributed by atoms with Crippen LogP contribution >= 0.6 is 11.3 Å². The van der Waals surface area contributed by atoms with E-state index in [2.05, 4.69) is 18.4 Å². The number of nitrogens with zero attached hydrogens (tertiary/aromatic N) is 2. The molecular formula is C24H32N2O3S. The average Bonchev–Trinajstić information content (AvgIpc) is 3.25.